The molecule has 0 aliphatic heterocycles. The summed E-state index contributed by atoms with van der Waals surface area (Å²) < 4.78 is 0. The molecule has 3 aromatic rings. The number of hydrogen-bond donors (Lipinski definition) is 3. The van der Waals surface area contributed by atoms with Crippen molar-refractivity contribution in [1.82, 2.24) is 15.0 Å². The Kier molecular flexibility index (Phi) is 7.45. The van der Waals surface area contributed by atoms with Gasteiger partial charge in [0.1, 0.15) is 5.82 Å². The zero-order valence-electron chi connectivity index (χ0n) is 16.0. The van der Waals surface area contributed by atoms with E-state index in [1.54, 1.807) is 12.4 Å². The minimum absolute atomic E-state index is 0.0674. The first-order chi connectivity index (χ1) is 13.8. The molecule has 4 rings (SSSR count). The molecule has 1 saturated carbocycles. The first kappa shape index (κ1) is 20.4. The molecule has 1 fully saturated rings. The number of thioether (sulfide) groups is 1. The van der Waals surface area contributed by atoms with Crippen molar-refractivity contribution in [3.05, 3.63) is 58.9 Å². The number of fused-ring (bicyclic) bond motifs is 1. The second-order valence-corrected chi connectivity index (χ2v) is 7.97. The summed E-state index contributed by atoms with van der Waals surface area (Å²) in [6.45, 7) is 0. The topological polar surface area (TPSA) is 90.9 Å². The summed E-state index contributed by atoms with van der Waals surface area (Å²) >= 11 is 1.92. The van der Waals surface area contributed by atoms with E-state index in [0.717, 1.165) is 35.6 Å². The molecule has 3 N–H and O–H groups in total. The summed E-state index contributed by atoms with van der Waals surface area (Å²) in [5.74, 6) is 1.52. The largest absolute Gasteiger partial charge is 0.400 e. The molecule has 0 spiro atoms. The molecule has 6 nitrogen and oxygen atoms in total. The van der Waals surface area contributed by atoms with E-state index in [1.165, 1.54) is 32.1 Å². The molecule has 2 heterocycles. The van der Waals surface area contributed by atoms with Crippen molar-refractivity contribution in [2.75, 3.05) is 12.4 Å². The number of H-pyrrole nitrogens is 1. The average Bonchev–Trinajstić information content (AvgIpc) is 2.75. The fourth-order valence-electron chi connectivity index (χ4n) is 3.37. The summed E-state index contributed by atoms with van der Waals surface area (Å²) in [7, 11) is 1.00. The smallest absolute Gasteiger partial charge is 0.258 e. The van der Waals surface area contributed by atoms with Gasteiger partial charge < -0.3 is 15.4 Å². The third-order valence-electron chi connectivity index (χ3n) is 4.71. The number of pyridine rings is 1. The summed E-state index contributed by atoms with van der Waals surface area (Å²) in [5.41, 5.74) is 2.46. The number of nitrogens with zero attached hydrogens (tertiary/aromatic N) is 2. The SMILES string of the molecule is CO.O=c1[nH]c(CSC2CCCCC2)nc2cc(Nc3cccnc3)ccc12. The lowest BCUT2D eigenvalue weighted by molar-refractivity contribution is 0.399. The Morgan fingerprint density at radius 3 is 2.75 bits per heavy atom. The fourth-order valence-corrected chi connectivity index (χ4v) is 4.56. The van der Waals surface area contributed by atoms with Crippen molar-refractivity contribution in [3.8, 4) is 0 Å². The fraction of sp³-hybridized carbons (Fsp3) is 0.381. The first-order valence-corrected chi connectivity index (χ1v) is 10.6. The zero-order chi connectivity index (χ0) is 19.8. The highest BCUT2D eigenvalue weighted by molar-refractivity contribution is 7.99. The van der Waals surface area contributed by atoms with Crippen LogP contribution >= 0.6 is 11.8 Å². The Morgan fingerprint density at radius 1 is 1.18 bits per heavy atom. The van der Waals surface area contributed by atoms with E-state index >= 15 is 0 Å². The predicted octanol–water partition coefficient (Wildman–Crippen LogP) is 4.24. The molecule has 2 aromatic heterocycles. The number of hydrogen-bond acceptors (Lipinski definition) is 6. The highest BCUT2D eigenvalue weighted by atomic mass is 32.2. The van der Waals surface area contributed by atoms with Crippen LogP contribution in [0, 0.1) is 0 Å². The summed E-state index contributed by atoms with van der Waals surface area (Å²) in [5, 5.41) is 11.6. The number of anilines is 2. The number of aliphatic hydroxyl groups excluding tert-OH is 1. The highest BCUT2D eigenvalue weighted by Crippen LogP contribution is 2.30. The predicted molar refractivity (Wildman–Crippen MR) is 116 cm³/mol. The van der Waals surface area contributed by atoms with E-state index in [0.29, 0.717) is 10.6 Å². The molecule has 1 aromatic carbocycles. The molecule has 1 aliphatic carbocycles. The summed E-state index contributed by atoms with van der Waals surface area (Å²) in [4.78, 5) is 24.1. The van der Waals surface area contributed by atoms with Crippen LogP contribution in [-0.4, -0.2) is 32.4 Å². The summed E-state index contributed by atoms with van der Waals surface area (Å²) in [6.07, 6.45) is 10.1. The minimum Gasteiger partial charge on any atom is -0.400 e. The standard InChI is InChI=1S/C20H22N4OS.CH4O/c25-20-17-9-8-14(22-15-5-4-10-21-12-15)11-18(17)23-19(24-20)13-26-16-6-2-1-3-7-16;1-2/h4-5,8-12,16,22H,1-3,6-7,13H2,(H,23,24,25);2H,1H3. The highest BCUT2D eigenvalue weighted by Gasteiger charge is 2.14. The maximum atomic E-state index is 12.4. The Hall–Kier alpha value is -2.38. The molecule has 0 unspecified atom stereocenters. The quantitative estimate of drug-likeness (QED) is 0.596. The van der Waals surface area contributed by atoms with Crippen LogP contribution in [0.25, 0.3) is 10.9 Å². The van der Waals surface area contributed by atoms with Crippen molar-refractivity contribution < 1.29 is 5.11 Å². The van der Waals surface area contributed by atoms with E-state index in [-0.39, 0.29) is 5.56 Å². The van der Waals surface area contributed by atoms with E-state index in [4.69, 9.17) is 10.1 Å². The van der Waals surface area contributed by atoms with Gasteiger partial charge >= 0.3 is 0 Å². The summed E-state index contributed by atoms with van der Waals surface area (Å²) in [6, 6.07) is 9.47. The second kappa shape index (κ2) is 10.2. The minimum atomic E-state index is -0.0674. The van der Waals surface area contributed by atoms with Crippen molar-refractivity contribution >= 4 is 34.0 Å². The molecule has 0 amide bonds. The van der Waals surface area contributed by atoms with E-state index < -0.39 is 0 Å². The van der Waals surface area contributed by atoms with Gasteiger partial charge in [-0.1, -0.05) is 19.3 Å². The molecule has 28 heavy (non-hydrogen) atoms. The number of nitrogens with one attached hydrogen (secondary N) is 2. The molecule has 148 valence electrons. The molecular weight excluding hydrogens is 372 g/mol. The Morgan fingerprint density at radius 2 is 2.00 bits per heavy atom. The van der Waals surface area contributed by atoms with Gasteiger partial charge in [0, 0.05) is 24.2 Å². The van der Waals surface area contributed by atoms with Gasteiger partial charge in [0.25, 0.3) is 5.56 Å². The van der Waals surface area contributed by atoms with Crippen LogP contribution in [0.3, 0.4) is 0 Å². The van der Waals surface area contributed by atoms with Crippen molar-refractivity contribution in [2.45, 2.75) is 43.1 Å². The number of rotatable bonds is 5. The van der Waals surface area contributed by atoms with E-state index in [9.17, 15) is 4.79 Å². The van der Waals surface area contributed by atoms with Crippen LogP contribution in [0.2, 0.25) is 0 Å². The zero-order valence-corrected chi connectivity index (χ0v) is 16.8. The van der Waals surface area contributed by atoms with Crippen LogP contribution in [0.4, 0.5) is 11.4 Å². The second-order valence-electron chi connectivity index (χ2n) is 6.68. The Bertz CT molecular complexity index is 940. The number of aromatic nitrogens is 3. The van der Waals surface area contributed by atoms with Gasteiger partial charge in [-0.15, -0.1) is 0 Å². The lowest BCUT2D eigenvalue weighted by Crippen LogP contribution is -2.13. The normalized spacial score (nSPS) is 14.4. The van der Waals surface area contributed by atoms with Crippen molar-refractivity contribution in [2.24, 2.45) is 0 Å². The van der Waals surface area contributed by atoms with Gasteiger partial charge in [0.05, 0.1) is 28.5 Å². The Labute approximate surface area is 168 Å². The molecule has 7 heteroatoms. The molecule has 0 saturated heterocycles. The van der Waals surface area contributed by atoms with Gasteiger partial charge in [-0.2, -0.15) is 11.8 Å². The first-order valence-electron chi connectivity index (χ1n) is 9.54. The third kappa shape index (κ3) is 5.33. The molecule has 0 radical (unpaired) electrons. The lowest BCUT2D eigenvalue weighted by atomic mass is 10.0. The van der Waals surface area contributed by atoms with Crippen LogP contribution in [0.5, 0.6) is 0 Å². The molecule has 1 aliphatic rings. The van der Waals surface area contributed by atoms with Crippen LogP contribution < -0.4 is 10.9 Å². The maximum Gasteiger partial charge on any atom is 0.258 e. The maximum absolute atomic E-state index is 12.4. The molecular formula is C21H26N4O2S. The number of benzene rings is 1. The lowest BCUT2D eigenvalue weighted by Gasteiger charge is -2.20. The monoisotopic (exact) mass is 398 g/mol. The van der Waals surface area contributed by atoms with Gasteiger partial charge in [-0.3, -0.25) is 9.78 Å². The van der Waals surface area contributed by atoms with Gasteiger partial charge in [-0.25, -0.2) is 4.98 Å². The van der Waals surface area contributed by atoms with Crippen LogP contribution in [0.15, 0.2) is 47.5 Å². The van der Waals surface area contributed by atoms with Crippen LogP contribution in [-0.2, 0) is 5.75 Å². The van der Waals surface area contributed by atoms with Crippen molar-refractivity contribution in [3.63, 3.8) is 0 Å². The van der Waals surface area contributed by atoms with Crippen molar-refractivity contribution in [1.29, 1.82) is 0 Å². The third-order valence-corrected chi connectivity index (χ3v) is 6.10. The Balaban J connectivity index is 0.00000109. The van der Waals surface area contributed by atoms with E-state index in [1.807, 2.05) is 42.1 Å². The average molecular weight is 399 g/mol. The van der Waals surface area contributed by atoms with E-state index in [2.05, 4.69) is 15.3 Å². The molecule has 0 atom stereocenters. The van der Waals surface area contributed by atoms with Gasteiger partial charge in [-0.05, 0) is 43.2 Å². The number of aromatic amines is 1. The number of aliphatic hydroxyl groups is 1. The van der Waals surface area contributed by atoms with Gasteiger partial charge in [0.15, 0.2) is 0 Å². The molecule has 0 bridgehead atoms. The van der Waals surface area contributed by atoms with Gasteiger partial charge in [0.2, 0.25) is 0 Å². The van der Waals surface area contributed by atoms with Crippen LogP contribution in [0.1, 0.15) is 37.9 Å².